The molecule has 0 radical (unpaired) electrons. The lowest BCUT2D eigenvalue weighted by molar-refractivity contribution is 0.0522. The van der Waals surface area contributed by atoms with Crippen LogP contribution >= 0.6 is 0 Å². The Morgan fingerprint density at radius 2 is 1.54 bits per heavy atom. The van der Waals surface area contributed by atoms with Crippen molar-refractivity contribution in [1.29, 1.82) is 0 Å². The second-order valence-electron chi connectivity index (χ2n) is 5.14. The topological polar surface area (TPSA) is 56.5 Å². The Kier molecular flexibility index (Phi) is 4.57. The molecular formula is C20H16O4. The minimum atomic E-state index is -0.700. The van der Waals surface area contributed by atoms with Crippen molar-refractivity contribution >= 4 is 5.97 Å². The van der Waals surface area contributed by atoms with Gasteiger partial charge in [0.25, 0.3) is 0 Å². The van der Waals surface area contributed by atoms with Crippen LogP contribution in [0.15, 0.2) is 75.9 Å². The standard InChI is InChI=1S/C20H16O4/c1-2-23-19(21)18-16(14-9-5-3-6-10-14)13-17(24-20(18)22)15-11-7-4-8-12-15/h3-13H,2H2,1H3. The average Bonchev–Trinajstić information content (AvgIpc) is 2.62. The lowest BCUT2D eigenvalue weighted by atomic mass is 9.99. The van der Waals surface area contributed by atoms with Gasteiger partial charge in [-0.1, -0.05) is 60.7 Å². The molecule has 0 aliphatic heterocycles. The molecule has 0 unspecified atom stereocenters. The summed E-state index contributed by atoms with van der Waals surface area (Å²) in [5.74, 6) is -0.266. The van der Waals surface area contributed by atoms with Crippen molar-refractivity contribution in [1.82, 2.24) is 0 Å². The molecule has 0 aliphatic carbocycles. The third-order valence-electron chi connectivity index (χ3n) is 3.57. The maximum absolute atomic E-state index is 12.5. The van der Waals surface area contributed by atoms with Crippen molar-refractivity contribution in [2.75, 3.05) is 6.61 Å². The molecule has 120 valence electrons. The third-order valence-corrected chi connectivity index (χ3v) is 3.57. The maximum atomic E-state index is 12.5. The van der Waals surface area contributed by atoms with E-state index in [-0.39, 0.29) is 12.2 Å². The summed E-state index contributed by atoms with van der Waals surface area (Å²) >= 11 is 0. The Balaban J connectivity index is 2.24. The monoisotopic (exact) mass is 320 g/mol. The molecule has 0 fully saturated rings. The van der Waals surface area contributed by atoms with E-state index < -0.39 is 11.6 Å². The average molecular weight is 320 g/mol. The molecule has 24 heavy (non-hydrogen) atoms. The van der Waals surface area contributed by atoms with Crippen LogP contribution in [-0.4, -0.2) is 12.6 Å². The SMILES string of the molecule is CCOC(=O)c1c(-c2ccccc2)cc(-c2ccccc2)oc1=O. The predicted molar refractivity (Wildman–Crippen MR) is 91.8 cm³/mol. The van der Waals surface area contributed by atoms with E-state index in [1.807, 2.05) is 60.7 Å². The summed E-state index contributed by atoms with van der Waals surface area (Å²) in [4.78, 5) is 24.7. The van der Waals surface area contributed by atoms with Crippen LogP contribution < -0.4 is 5.63 Å². The number of benzene rings is 2. The fraction of sp³-hybridized carbons (Fsp3) is 0.100. The number of hydrogen-bond donors (Lipinski definition) is 0. The highest BCUT2D eigenvalue weighted by Crippen LogP contribution is 2.28. The van der Waals surface area contributed by atoms with Gasteiger partial charge in [-0.3, -0.25) is 0 Å². The Labute approximate surface area is 139 Å². The van der Waals surface area contributed by atoms with Gasteiger partial charge in [-0.05, 0) is 18.6 Å². The summed E-state index contributed by atoms with van der Waals surface area (Å²) in [6.07, 6.45) is 0. The summed E-state index contributed by atoms with van der Waals surface area (Å²) in [6, 6.07) is 20.2. The molecule has 4 nitrogen and oxygen atoms in total. The first kappa shape index (κ1) is 15.7. The van der Waals surface area contributed by atoms with E-state index in [2.05, 4.69) is 0 Å². The molecule has 3 rings (SSSR count). The Bertz CT molecular complexity index is 896. The highest BCUT2D eigenvalue weighted by Gasteiger charge is 2.21. The molecule has 0 amide bonds. The number of hydrogen-bond acceptors (Lipinski definition) is 4. The zero-order chi connectivity index (χ0) is 16.9. The fourth-order valence-electron chi connectivity index (χ4n) is 2.48. The molecule has 0 saturated carbocycles. The predicted octanol–water partition coefficient (Wildman–Crippen LogP) is 4.15. The van der Waals surface area contributed by atoms with Gasteiger partial charge in [0.15, 0.2) is 5.56 Å². The molecule has 2 aromatic carbocycles. The van der Waals surface area contributed by atoms with Crippen molar-refractivity contribution in [2.24, 2.45) is 0 Å². The van der Waals surface area contributed by atoms with E-state index in [1.165, 1.54) is 0 Å². The molecule has 4 heteroatoms. The first-order chi connectivity index (χ1) is 11.7. The van der Waals surface area contributed by atoms with Crippen molar-refractivity contribution in [2.45, 2.75) is 6.92 Å². The van der Waals surface area contributed by atoms with Gasteiger partial charge in [-0.2, -0.15) is 0 Å². The number of rotatable bonds is 4. The smallest absolute Gasteiger partial charge is 0.351 e. The van der Waals surface area contributed by atoms with Gasteiger partial charge in [0.1, 0.15) is 5.76 Å². The molecule has 3 aromatic rings. The minimum absolute atomic E-state index is 0.0808. The molecule has 1 aromatic heterocycles. The van der Waals surface area contributed by atoms with Gasteiger partial charge in [0.05, 0.1) is 6.61 Å². The van der Waals surface area contributed by atoms with Gasteiger partial charge in [-0.15, -0.1) is 0 Å². The third kappa shape index (κ3) is 3.13. The van der Waals surface area contributed by atoms with E-state index in [4.69, 9.17) is 9.15 Å². The second-order valence-corrected chi connectivity index (χ2v) is 5.14. The number of carbonyl (C=O) groups is 1. The van der Waals surface area contributed by atoms with Crippen LogP contribution in [0.2, 0.25) is 0 Å². The van der Waals surface area contributed by atoms with Crippen molar-refractivity contribution in [3.63, 3.8) is 0 Å². The van der Waals surface area contributed by atoms with Crippen LogP contribution in [0.1, 0.15) is 17.3 Å². The summed E-state index contributed by atoms with van der Waals surface area (Å²) in [5, 5.41) is 0. The molecule has 0 bridgehead atoms. The van der Waals surface area contributed by atoms with Crippen LogP contribution in [0.4, 0.5) is 0 Å². The zero-order valence-corrected chi connectivity index (χ0v) is 13.2. The summed E-state index contributed by atoms with van der Waals surface area (Å²) in [6.45, 7) is 1.88. The summed E-state index contributed by atoms with van der Waals surface area (Å²) in [5.41, 5.74) is 1.24. The van der Waals surface area contributed by atoms with E-state index in [9.17, 15) is 9.59 Å². The molecule has 0 aliphatic rings. The van der Waals surface area contributed by atoms with Gasteiger partial charge >= 0.3 is 11.6 Å². The Hall–Kier alpha value is -3.14. The molecule has 1 heterocycles. The first-order valence-corrected chi connectivity index (χ1v) is 7.67. The zero-order valence-electron chi connectivity index (χ0n) is 13.2. The van der Waals surface area contributed by atoms with Crippen molar-refractivity contribution in [3.05, 3.63) is 82.7 Å². The molecule has 0 spiro atoms. The number of esters is 1. The summed E-state index contributed by atoms with van der Waals surface area (Å²) in [7, 11) is 0. The number of carbonyl (C=O) groups excluding carboxylic acids is 1. The highest BCUT2D eigenvalue weighted by atomic mass is 16.5. The Morgan fingerprint density at radius 3 is 2.12 bits per heavy atom. The Morgan fingerprint density at radius 1 is 0.958 bits per heavy atom. The van der Waals surface area contributed by atoms with Gasteiger partial charge in [0.2, 0.25) is 0 Å². The van der Waals surface area contributed by atoms with Gasteiger partial charge < -0.3 is 9.15 Å². The normalized spacial score (nSPS) is 10.4. The first-order valence-electron chi connectivity index (χ1n) is 7.67. The van der Waals surface area contributed by atoms with Crippen molar-refractivity contribution < 1.29 is 13.9 Å². The lowest BCUT2D eigenvalue weighted by Crippen LogP contribution is -2.18. The van der Waals surface area contributed by atoms with Gasteiger partial charge in [0, 0.05) is 11.1 Å². The van der Waals surface area contributed by atoms with E-state index in [0.717, 1.165) is 11.1 Å². The molecule has 0 N–H and O–H groups in total. The van der Waals surface area contributed by atoms with Crippen LogP contribution in [0, 0.1) is 0 Å². The molecular weight excluding hydrogens is 304 g/mol. The van der Waals surface area contributed by atoms with E-state index in [0.29, 0.717) is 11.3 Å². The van der Waals surface area contributed by atoms with E-state index in [1.54, 1.807) is 13.0 Å². The second kappa shape index (κ2) is 6.96. The van der Waals surface area contributed by atoms with Crippen LogP contribution in [-0.2, 0) is 4.74 Å². The number of ether oxygens (including phenoxy) is 1. The molecule has 0 saturated heterocycles. The summed E-state index contributed by atoms with van der Waals surface area (Å²) < 4.78 is 10.4. The minimum Gasteiger partial charge on any atom is -0.462 e. The largest absolute Gasteiger partial charge is 0.462 e. The van der Waals surface area contributed by atoms with Crippen LogP contribution in [0.5, 0.6) is 0 Å². The van der Waals surface area contributed by atoms with Crippen molar-refractivity contribution in [3.8, 4) is 22.5 Å². The van der Waals surface area contributed by atoms with Gasteiger partial charge in [-0.25, -0.2) is 9.59 Å². The lowest BCUT2D eigenvalue weighted by Gasteiger charge is -2.10. The maximum Gasteiger partial charge on any atom is 0.351 e. The van der Waals surface area contributed by atoms with Crippen LogP contribution in [0.25, 0.3) is 22.5 Å². The quantitative estimate of drug-likeness (QED) is 0.678. The molecule has 0 atom stereocenters. The fourth-order valence-corrected chi connectivity index (χ4v) is 2.48. The highest BCUT2D eigenvalue weighted by molar-refractivity contribution is 5.97. The van der Waals surface area contributed by atoms with Crippen LogP contribution in [0.3, 0.4) is 0 Å². The van der Waals surface area contributed by atoms with E-state index >= 15 is 0 Å².